The van der Waals surface area contributed by atoms with E-state index in [-0.39, 0.29) is 19.1 Å². The number of carbonyl (C=O) groups is 2. The average molecular weight is 339 g/mol. The molecule has 1 aromatic heterocycles. The van der Waals surface area contributed by atoms with Crippen molar-refractivity contribution >= 4 is 23.3 Å². The first-order chi connectivity index (χ1) is 11.1. The van der Waals surface area contributed by atoms with E-state index in [0.717, 1.165) is 17.7 Å². The Labute approximate surface area is 135 Å². The molecule has 0 aliphatic carbocycles. The molecule has 0 unspecified atom stereocenters. The second kappa shape index (κ2) is 8.23. The van der Waals surface area contributed by atoms with Crippen molar-refractivity contribution in [2.24, 2.45) is 0 Å². The van der Waals surface area contributed by atoms with Gasteiger partial charge >= 0.3 is 6.03 Å². The maximum Gasteiger partial charge on any atom is 0.315 e. The Bertz CT molecular complexity index is 657. The fourth-order valence-corrected chi connectivity index (χ4v) is 2.46. The number of nitrogens with one attached hydrogen (secondary N) is 3. The lowest BCUT2D eigenvalue weighted by Gasteiger charge is -2.09. The number of hydrogen-bond donors (Lipinski definition) is 3. The summed E-state index contributed by atoms with van der Waals surface area (Å²) >= 11 is 1.54. The van der Waals surface area contributed by atoms with Crippen molar-refractivity contribution in [1.82, 2.24) is 16.0 Å². The summed E-state index contributed by atoms with van der Waals surface area (Å²) in [5.74, 6) is -2.71. The minimum absolute atomic E-state index is 0.0540. The van der Waals surface area contributed by atoms with E-state index in [1.807, 2.05) is 16.8 Å². The maximum atomic E-state index is 13.4. The molecule has 2 rings (SSSR count). The van der Waals surface area contributed by atoms with Gasteiger partial charge in [-0.2, -0.15) is 11.3 Å². The summed E-state index contributed by atoms with van der Waals surface area (Å²) in [5.41, 5.74) is 0.364. The highest BCUT2D eigenvalue weighted by Gasteiger charge is 2.16. The van der Waals surface area contributed by atoms with Crippen LogP contribution in [0, 0.1) is 11.6 Å². The normalized spacial score (nSPS) is 10.2. The summed E-state index contributed by atoms with van der Waals surface area (Å²) in [4.78, 5) is 23.2. The second-order valence-corrected chi connectivity index (χ2v) is 5.37. The van der Waals surface area contributed by atoms with E-state index in [4.69, 9.17) is 0 Å². The van der Waals surface area contributed by atoms with Gasteiger partial charge in [-0.05, 0) is 34.5 Å². The molecule has 0 bridgehead atoms. The monoisotopic (exact) mass is 339 g/mol. The van der Waals surface area contributed by atoms with Crippen LogP contribution < -0.4 is 16.0 Å². The molecule has 0 saturated heterocycles. The zero-order chi connectivity index (χ0) is 16.7. The SMILES string of the molecule is O=C(NCCNC(=O)c1c(F)cccc1F)NCc1ccsc1. The van der Waals surface area contributed by atoms with Crippen LogP contribution in [0.4, 0.5) is 13.6 Å². The molecule has 0 radical (unpaired) electrons. The maximum absolute atomic E-state index is 13.4. The van der Waals surface area contributed by atoms with E-state index < -0.39 is 23.1 Å². The lowest BCUT2D eigenvalue weighted by atomic mass is 10.2. The van der Waals surface area contributed by atoms with E-state index in [2.05, 4.69) is 16.0 Å². The lowest BCUT2D eigenvalue weighted by molar-refractivity contribution is 0.0945. The largest absolute Gasteiger partial charge is 0.350 e. The van der Waals surface area contributed by atoms with Crippen LogP contribution >= 0.6 is 11.3 Å². The molecule has 122 valence electrons. The molecular formula is C15H15F2N3O2S. The van der Waals surface area contributed by atoms with Gasteiger partial charge in [-0.1, -0.05) is 6.07 Å². The smallest absolute Gasteiger partial charge is 0.315 e. The Morgan fingerprint density at radius 1 is 1.00 bits per heavy atom. The second-order valence-electron chi connectivity index (χ2n) is 4.59. The summed E-state index contributed by atoms with van der Waals surface area (Å²) in [6.45, 7) is 0.595. The van der Waals surface area contributed by atoms with Crippen LogP contribution in [-0.2, 0) is 6.54 Å². The van der Waals surface area contributed by atoms with Crippen LogP contribution in [0.25, 0.3) is 0 Å². The molecule has 23 heavy (non-hydrogen) atoms. The van der Waals surface area contributed by atoms with Crippen molar-refractivity contribution in [3.8, 4) is 0 Å². The van der Waals surface area contributed by atoms with Gasteiger partial charge in [0.15, 0.2) is 0 Å². The van der Waals surface area contributed by atoms with Crippen LogP contribution in [-0.4, -0.2) is 25.0 Å². The number of rotatable bonds is 6. The number of carbonyl (C=O) groups excluding carboxylic acids is 2. The highest BCUT2D eigenvalue weighted by molar-refractivity contribution is 7.07. The van der Waals surface area contributed by atoms with Crippen molar-refractivity contribution in [2.45, 2.75) is 6.54 Å². The first-order valence-corrected chi connectivity index (χ1v) is 7.77. The highest BCUT2D eigenvalue weighted by atomic mass is 32.1. The van der Waals surface area contributed by atoms with Gasteiger partial charge in [0.2, 0.25) is 0 Å². The third-order valence-electron chi connectivity index (χ3n) is 2.92. The number of benzene rings is 1. The number of urea groups is 1. The molecule has 1 aromatic carbocycles. The highest BCUT2D eigenvalue weighted by Crippen LogP contribution is 2.11. The van der Waals surface area contributed by atoms with Crippen LogP contribution in [0.2, 0.25) is 0 Å². The Morgan fingerprint density at radius 3 is 2.35 bits per heavy atom. The Balaban J connectivity index is 1.68. The quantitative estimate of drug-likeness (QED) is 0.707. The Morgan fingerprint density at radius 2 is 1.70 bits per heavy atom. The van der Waals surface area contributed by atoms with Crippen molar-refractivity contribution < 1.29 is 18.4 Å². The van der Waals surface area contributed by atoms with E-state index in [1.165, 1.54) is 17.4 Å². The number of amides is 3. The van der Waals surface area contributed by atoms with Gasteiger partial charge in [0.1, 0.15) is 17.2 Å². The summed E-state index contributed by atoms with van der Waals surface area (Å²) in [5, 5.41) is 11.4. The molecule has 8 heteroatoms. The molecule has 3 amide bonds. The average Bonchev–Trinajstić information content (AvgIpc) is 3.03. The zero-order valence-corrected chi connectivity index (χ0v) is 12.9. The number of hydrogen-bond acceptors (Lipinski definition) is 3. The standard InChI is InChI=1S/C15H15F2N3O2S/c16-11-2-1-3-12(17)13(11)14(21)18-5-6-19-15(22)20-8-10-4-7-23-9-10/h1-4,7,9H,5-6,8H2,(H,18,21)(H2,19,20,22). The van der Waals surface area contributed by atoms with Gasteiger partial charge in [-0.25, -0.2) is 13.6 Å². The number of halogens is 2. The molecule has 0 aliphatic heterocycles. The molecule has 5 nitrogen and oxygen atoms in total. The van der Waals surface area contributed by atoms with Crippen LogP contribution in [0.3, 0.4) is 0 Å². The fourth-order valence-electron chi connectivity index (χ4n) is 1.79. The van der Waals surface area contributed by atoms with E-state index in [1.54, 1.807) is 0 Å². The van der Waals surface area contributed by atoms with Crippen molar-refractivity contribution in [3.63, 3.8) is 0 Å². The van der Waals surface area contributed by atoms with Crippen LogP contribution in [0.5, 0.6) is 0 Å². The molecule has 1 heterocycles. The van der Waals surface area contributed by atoms with Crippen LogP contribution in [0.1, 0.15) is 15.9 Å². The molecule has 2 aromatic rings. The topological polar surface area (TPSA) is 70.2 Å². The Kier molecular flexibility index (Phi) is 6.04. The molecule has 3 N–H and O–H groups in total. The van der Waals surface area contributed by atoms with E-state index >= 15 is 0 Å². The first kappa shape index (κ1) is 16.9. The molecule has 0 atom stereocenters. The minimum Gasteiger partial charge on any atom is -0.350 e. The van der Waals surface area contributed by atoms with E-state index in [0.29, 0.717) is 6.54 Å². The number of thiophene rings is 1. The third kappa shape index (κ3) is 5.03. The van der Waals surface area contributed by atoms with Crippen molar-refractivity contribution in [3.05, 3.63) is 57.8 Å². The summed E-state index contributed by atoms with van der Waals surface area (Å²) in [6.07, 6.45) is 0. The van der Waals surface area contributed by atoms with Gasteiger partial charge in [-0.15, -0.1) is 0 Å². The predicted molar refractivity (Wildman–Crippen MR) is 83.2 cm³/mol. The predicted octanol–water partition coefficient (Wildman–Crippen LogP) is 2.26. The first-order valence-electron chi connectivity index (χ1n) is 6.83. The van der Waals surface area contributed by atoms with Gasteiger partial charge < -0.3 is 16.0 Å². The molecule has 0 aliphatic rings. The van der Waals surface area contributed by atoms with Gasteiger partial charge in [0.05, 0.1) is 0 Å². The van der Waals surface area contributed by atoms with Gasteiger partial charge in [0.25, 0.3) is 5.91 Å². The summed E-state index contributed by atoms with van der Waals surface area (Å²) < 4.78 is 26.8. The summed E-state index contributed by atoms with van der Waals surface area (Å²) in [7, 11) is 0. The lowest BCUT2D eigenvalue weighted by Crippen LogP contribution is -2.40. The summed E-state index contributed by atoms with van der Waals surface area (Å²) in [6, 6.07) is 4.71. The van der Waals surface area contributed by atoms with Crippen LogP contribution in [0.15, 0.2) is 35.0 Å². The minimum atomic E-state index is -0.927. The van der Waals surface area contributed by atoms with E-state index in [9.17, 15) is 18.4 Å². The van der Waals surface area contributed by atoms with Gasteiger partial charge in [0, 0.05) is 19.6 Å². The van der Waals surface area contributed by atoms with Crippen molar-refractivity contribution in [2.75, 3.05) is 13.1 Å². The molecular weight excluding hydrogens is 324 g/mol. The van der Waals surface area contributed by atoms with Gasteiger partial charge in [-0.3, -0.25) is 4.79 Å². The zero-order valence-electron chi connectivity index (χ0n) is 12.1. The van der Waals surface area contributed by atoms with Crippen molar-refractivity contribution in [1.29, 1.82) is 0 Å². The Hall–Kier alpha value is -2.48. The molecule has 0 spiro atoms. The molecule has 0 fully saturated rings. The fraction of sp³-hybridized carbons (Fsp3) is 0.200. The third-order valence-corrected chi connectivity index (χ3v) is 3.65. The molecule has 0 saturated carbocycles.